The molecule has 146 valence electrons. The average molecular weight is 409 g/mol. The van der Waals surface area contributed by atoms with Crippen LogP contribution >= 0.6 is 12.2 Å². The molecule has 2 aliphatic rings. The van der Waals surface area contributed by atoms with Crippen molar-refractivity contribution in [2.24, 2.45) is 0 Å². The number of fused-ring (bicyclic) bond motifs is 2. The van der Waals surface area contributed by atoms with Gasteiger partial charge in [0.15, 0.2) is 5.78 Å². The highest BCUT2D eigenvalue weighted by Gasteiger charge is 2.42. The Morgan fingerprint density at radius 2 is 1.47 bits per heavy atom. The lowest BCUT2D eigenvalue weighted by molar-refractivity contribution is 0.103. The van der Waals surface area contributed by atoms with E-state index in [1.165, 1.54) is 0 Å². The fourth-order valence-corrected chi connectivity index (χ4v) is 4.84. The Hall–Kier alpha value is -3.30. The Bertz CT molecular complexity index is 1220. The van der Waals surface area contributed by atoms with Gasteiger partial charge in [0.05, 0.1) is 5.57 Å². The van der Waals surface area contributed by atoms with Crippen molar-refractivity contribution in [2.45, 2.75) is 19.3 Å². The number of Topliss-reactive ketones (excluding diaryl/α,β-unsaturated/α-hetero) is 1. The molecule has 0 saturated carbocycles. The van der Waals surface area contributed by atoms with E-state index in [9.17, 15) is 4.79 Å². The SMILES string of the molecule is CC1=C(C(=S)Cc2ccccc2)C(c2ccccc2)C2=C(O1)c1ccccc1C2=O. The highest BCUT2D eigenvalue weighted by atomic mass is 32.1. The molecule has 3 aromatic rings. The normalized spacial score (nSPS) is 17.5. The van der Waals surface area contributed by atoms with Crippen molar-refractivity contribution in [3.05, 3.63) is 124 Å². The second-order valence-electron chi connectivity index (χ2n) is 7.62. The van der Waals surface area contributed by atoms with Crippen molar-refractivity contribution in [1.29, 1.82) is 0 Å². The number of thiocarbonyl (C=S) groups is 1. The molecule has 0 amide bonds. The lowest BCUT2D eigenvalue weighted by atomic mass is 9.79. The summed E-state index contributed by atoms with van der Waals surface area (Å²) < 4.78 is 6.28. The topological polar surface area (TPSA) is 26.3 Å². The van der Waals surface area contributed by atoms with E-state index in [1.54, 1.807) is 0 Å². The van der Waals surface area contributed by atoms with E-state index in [4.69, 9.17) is 17.0 Å². The van der Waals surface area contributed by atoms with Crippen LogP contribution in [0, 0.1) is 0 Å². The Kier molecular flexibility index (Phi) is 4.68. The molecule has 0 radical (unpaired) electrons. The van der Waals surface area contributed by atoms with Crippen LogP contribution in [0.1, 0.15) is 39.9 Å². The van der Waals surface area contributed by atoms with Gasteiger partial charge in [0.1, 0.15) is 11.5 Å². The highest BCUT2D eigenvalue weighted by Crippen LogP contribution is 2.49. The molecule has 2 nitrogen and oxygen atoms in total. The number of hydrogen-bond donors (Lipinski definition) is 0. The van der Waals surface area contributed by atoms with Gasteiger partial charge >= 0.3 is 0 Å². The maximum absolute atomic E-state index is 13.4. The molecule has 5 rings (SSSR count). The van der Waals surface area contributed by atoms with Crippen molar-refractivity contribution in [2.75, 3.05) is 0 Å². The maximum atomic E-state index is 13.4. The third-order valence-electron chi connectivity index (χ3n) is 5.76. The minimum atomic E-state index is -0.230. The largest absolute Gasteiger partial charge is 0.461 e. The Morgan fingerprint density at radius 1 is 0.867 bits per heavy atom. The van der Waals surface area contributed by atoms with Crippen LogP contribution in [0.4, 0.5) is 0 Å². The van der Waals surface area contributed by atoms with Crippen LogP contribution in [0.15, 0.2) is 102 Å². The van der Waals surface area contributed by atoms with Gasteiger partial charge in [-0.3, -0.25) is 4.79 Å². The third kappa shape index (κ3) is 3.03. The summed E-state index contributed by atoms with van der Waals surface area (Å²) in [6, 6.07) is 28.0. The van der Waals surface area contributed by atoms with E-state index < -0.39 is 0 Å². The summed E-state index contributed by atoms with van der Waals surface area (Å²) in [5.74, 6) is 1.24. The number of allylic oxidation sites excluding steroid dienone is 3. The molecule has 3 aromatic carbocycles. The van der Waals surface area contributed by atoms with Crippen LogP contribution in [0.25, 0.3) is 5.76 Å². The van der Waals surface area contributed by atoms with Gasteiger partial charge in [0.25, 0.3) is 0 Å². The predicted octanol–water partition coefficient (Wildman–Crippen LogP) is 6.29. The first kappa shape index (κ1) is 18.7. The number of ether oxygens (including phenoxy) is 1. The monoisotopic (exact) mass is 408 g/mol. The van der Waals surface area contributed by atoms with Crippen LogP contribution < -0.4 is 0 Å². The first-order chi connectivity index (χ1) is 14.6. The first-order valence-corrected chi connectivity index (χ1v) is 10.4. The van der Waals surface area contributed by atoms with Gasteiger partial charge in [0.2, 0.25) is 0 Å². The summed E-state index contributed by atoms with van der Waals surface area (Å²) in [6.07, 6.45) is 0.638. The van der Waals surface area contributed by atoms with Crippen molar-refractivity contribution in [3.8, 4) is 0 Å². The van der Waals surface area contributed by atoms with Crippen molar-refractivity contribution in [3.63, 3.8) is 0 Å². The number of ketones is 1. The van der Waals surface area contributed by atoms with Crippen molar-refractivity contribution >= 4 is 28.6 Å². The molecule has 0 bridgehead atoms. The van der Waals surface area contributed by atoms with E-state index >= 15 is 0 Å². The Morgan fingerprint density at radius 3 is 2.17 bits per heavy atom. The number of benzene rings is 3. The molecule has 1 aliphatic heterocycles. The summed E-state index contributed by atoms with van der Waals surface area (Å²) in [5, 5.41) is 0. The summed E-state index contributed by atoms with van der Waals surface area (Å²) in [5.41, 5.74) is 5.39. The standard InChI is InChI=1S/C27H20O2S/c1-17-23(22(30)16-18-10-4-2-5-11-18)24(19-12-6-3-7-13-19)25-26(28)20-14-8-9-15-21(20)27(25)29-17/h2-15,24H,16H2,1H3. The zero-order valence-corrected chi connectivity index (χ0v) is 17.4. The zero-order valence-electron chi connectivity index (χ0n) is 16.6. The van der Waals surface area contributed by atoms with Crippen molar-refractivity contribution < 1.29 is 9.53 Å². The van der Waals surface area contributed by atoms with Gasteiger partial charge in [-0.05, 0) is 18.1 Å². The predicted molar refractivity (Wildman–Crippen MR) is 123 cm³/mol. The first-order valence-electron chi connectivity index (χ1n) is 10.0. The number of carbonyl (C=O) groups is 1. The lowest BCUT2D eigenvalue weighted by Crippen LogP contribution is -2.23. The van der Waals surface area contributed by atoms with Gasteiger partial charge in [-0.15, -0.1) is 0 Å². The molecule has 1 unspecified atom stereocenters. The van der Waals surface area contributed by atoms with Gasteiger partial charge in [-0.2, -0.15) is 0 Å². The fraction of sp³-hybridized carbons (Fsp3) is 0.111. The summed E-state index contributed by atoms with van der Waals surface area (Å²) in [4.78, 5) is 14.3. The molecule has 1 atom stereocenters. The Labute approximate surface area is 181 Å². The second-order valence-corrected chi connectivity index (χ2v) is 8.11. The smallest absolute Gasteiger partial charge is 0.194 e. The number of carbonyl (C=O) groups excluding carboxylic acids is 1. The third-order valence-corrected chi connectivity index (χ3v) is 6.12. The minimum Gasteiger partial charge on any atom is -0.461 e. The van der Waals surface area contributed by atoms with E-state index in [-0.39, 0.29) is 11.7 Å². The van der Waals surface area contributed by atoms with E-state index in [2.05, 4.69) is 24.3 Å². The average Bonchev–Trinajstić information content (AvgIpc) is 3.06. The van der Waals surface area contributed by atoms with Gasteiger partial charge in [0, 0.05) is 33.9 Å². The van der Waals surface area contributed by atoms with Crippen molar-refractivity contribution in [1.82, 2.24) is 0 Å². The zero-order chi connectivity index (χ0) is 20.7. The van der Waals surface area contributed by atoms with Crippen LogP contribution in [0.2, 0.25) is 0 Å². The summed E-state index contributed by atoms with van der Waals surface area (Å²) in [6.45, 7) is 1.96. The highest BCUT2D eigenvalue weighted by molar-refractivity contribution is 7.80. The van der Waals surface area contributed by atoms with Gasteiger partial charge < -0.3 is 4.74 Å². The molecule has 0 N–H and O–H groups in total. The molecule has 1 heterocycles. The maximum Gasteiger partial charge on any atom is 0.194 e. The summed E-state index contributed by atoms with van der Waals surface area (Å²) in [7, 11) is 0. The molecule has 1 aliphatic carbocycles. The lowest BCUT2D eigenvalue weighted by Gasteiger charge is -2.30. The Balaban J connectivity index is 1.64. The van der Waals surface area contributed by atoms with Crippen LogP contribution in [-0.2, 0) is 11.2 Å². The number of rotatable bonds is 4. The van der Waals surface area contributed by atoms with E-state index in [1.807, 2.05) is 67.6 Å². The van der Waals surface area contributed by atoms with Crippen LogP contribution in [0.3, 0.4) is 0 Å². The van der Waals surface area contributed by atoms with E-state index in [0.29, 0.717) is 23.3 Å². The molecule has 0 spiro atoms. The molecular weight excluding hydrogens is 388 g/mol. The van der Waals surface area contributed by atoms with Gasteiger partial charge in [-0.25, -0.2) is 0 Å². The molecule has 0 saturated heterocycles. The molecule has 0 fully saturated rings. The minimum absolute atomic E-state index is 0.0296. The molecule has 0 aromatic heterocycles. The molecule has 3 heteroatoms. The van der Waals surface area contributed by atoms with Crippen LogP contribution in [-0.4, -0.2) is 10.6 Å². The van der Waals surface area contributed by atoms with E-state index in [0.717, 1.165) is 32.9 Å². The fourth-order valence-electron chi connectivity index (χ4n) is 4.41. The molecular formula is C27H20O2S. The van der Waals surface area contributed by atoms with Crippen LogP contribution in [0.5, 0.6) is 0 Å². The quantitative estimate of drug-likeness (QED) is 0.474. The second kappa shape index (κ2) is 7.51. The van der Waals surface area contributed by atoms with Gasteiger partial charge in [-0.1, -0.05) is 97.1 Å². The summed E-state index contributed by atoms with van der Waals surface area (Å²) >= 11 is 5.92. The molecule has 30 heavy (non-hydrogen) atoms. The number of hydrogen-bond acceptors (Lipinski definition) is 3.